The molecule has 0 amide bonds. The van der Waals surface area contributed by atoms with Gasteiger partial charge in [-0.3, -0.25) is 4.90 Å². The maximum Gasteiger partial charge on any atom is 0.490 e. The van der Waals surface area contributed by atoms with Gasteiger partial charge in [0.2, 0.25) is 5.13 Å². The van der Waals surface area contributed by atoms with E-state index in [4.69, 9.17) is 24.5 Å². The van der Waals surface area contributed by atoms with Gasteiger partial charge in [0.1, 0.15) is 5.51 Å². The largest absolute Gasteiger partial charge is 0.490 e. The average molecular weight is 579 g/mol. The van der Waals surface area contributed by atoms with Crippen LogP contribution in [0, 0.1) is 5.41 Å². The summed E-state index contributed by atoms with van der Waals surface area (Å²) in [6.07, 6.45) is -7.68. The summed E-state index contributed by atoms with van der Waals surface area (Å²) in [4.78, 5) is 24.2. The first-order chi connectivity index (χ1) is 17.2. The van der Waals surface area contributed by atoms with Crippen molar-refractivity contribution in [1.82, 2.24) is 15.1 Å². The van der Waals surface area contributed by atoms with Gasteiger partial charge in [0.25, 0.3) is 0 Å². The Bertz CT molecular complexity index is 951. The van der Waals surface area contributed by atoms with Gasteiger partial charge in [-0.05, 0) is 30.8 Å². The Morgan fingerprint density at radius 1 is 1.05 bits per heavy atom. The van der Waals surface area contributed by atoms with E-state index < -0.39 is 24.3 Å². The van der Waals surface area contributed by atoms with Crippen LogP contribution in [-0.2, 0) is 20.9 Å². The van der Waals surface area contributed by atoms with E-state index in [2.05, 4.69) is 37.5 Å². The van der Waals surface area contributed by atoms with Gasteiger partial charge in [0.05, 0.1) is 13.2 Å². The number of likely N-dealkylation sites (tertiary alicyclic amines) is 1. The summed E-state index contributed by atoms with van der Waals surface area (Å²) < 4.78 is 69.5. The number of carbonyl (C=O) groups is 2. The molecule has 17 heteroatoms. The van der Waals surface area contributed by atoms with E-state index >= 15 is 0 Å². The lowest BCUT2D eigenvalue weighted by Crippen LogP contribution is -2.50. The second kappa shape index (κ2) is 13.3. The lowest BCUT2D eigenvalue weighted by Gasteiger charge is -2.43. The first kappa shape index (κ1) is 30.7. The van der Waals surface area contributed by atoms with Crippen molar-refractivity contribution in [2.24, 2.45) is 5.41 Å². The Balaban J connectivity index is 0.000000286. The van der Waals surface area contributed by atoms with Crippen molar-refractivity contribution in [2.75, 3.05) is 44.3 Å². The molecule has 1 atom stereocenters. The van der Waals surface area contributed by atoms with E-state index in [1.165, 1.54) is 24.3 Å². The number of piperidine rings is 1. The summed E-state index contributed by atoms with van der Waals surface area (Å²) in [7, 11) is 0. The minimum absolute atomic E-state index is 0.220. The predicted octanol–water partition coefficient (Wildman–Crippen LogP) is 3.99. The number of nitrogens with zero attached hydrogens (tertiary/aromatic N) is 4. The van der Waals surface area contributed by atoms with Gasteiger partial charge in [-0.15, -0.1) is 21.5 Å². The predicted molar refractivity (Wildman–Crippen MR) is 122 cm³/mol. The monoisotopic (exact) mass is 578 g/mol. The fourth-order valence-corrected chi connectivity index (χ4v) is 5.11. The first-order valence-electron chi connectivity index (χ1n) is 10.7. The molecular weight excluding hydrogens is 554 g/mol. The molecular formula is C20H24F6N4O5S2. The molecule has 0 bridgehead atoms. The molecule has 2 aromatic heterocycles. The second-order valence-corrected chi connectivity index (χ2v) is 10.0. The number of anilines is 1. The first-order valence-corrected chi connectivity index (χ1v) is 12.4. The lowest BCUT2D eigenvalue weighted by molar-refractivity contribution is -0.193. The molecule has 0 aromatic carbocycles. The van der Waals surface area contributed by atoms with Gasteiger partial charge >= 0.3 is 24.3 Å². The number of rotatable bonds is 3. The number of alkyl halides is 6. The van der Waals surface area contributed by atoms with Crippen LogP contribution >= 0.6 is 22.7 Å². The van der Waals surface area contributed by atoms with Crippen LogP contribution in [0.3, 0.4) is 0 Å². The molecule has 2 saturated heterocycles. The molecule has 2 aliphatic rings. The fourth-order valence-electron chi connectivity index (χ4n) is 3.78. The molecule has 4 heterocycles. The Morgan fingerprint density at radius 3 is 2.22 bits per heavy atom. The summed E-state index contributed by atoms with van der Waals surface area (Å²) in [5.41, 5.74) is 2.04. The number of ether oxygens (including phenoxy) is 1. The molecule has 4 rings (SSSR count). The molecule has 0 saturated carbocycles. The van der Waals surface area contributed by atoms with E-state index in [0.717, 1.165) is 44.5 Å². The summed E-state index contributed by atoms with van der Waals surface area (Å²) in [6.45, 7) is 6.97. The van der Waals surface area contributed by atoms with Crippen LogP contribution < -0.4 is 4.90 Å². The van der Waals surface area contributed by atoms with Gasteiger partial charge in [0, 0.05) is 36.5 Å². The van der Waals surface area contributed by atoms with Crippen LogP contribution in [-0.4, -0.2) is 89.0 Å². The lowest BCUT2D eigenvalue weighted by atomic mass is 9.80. The molecule has 2 N–H and O–H groups in total. The van der Waals surface area contributed by atoms with E-state index in [-0.39, 0.29) is 5.41 Å². The van der Waals surface area contributed by atoms with E-state index in [1.54, 1.807) is 11.3 Å². The molecule has 2 aromatic rings. The zero-order valence-electron chi connectivity index (χ0n) is 19.2. The van der Waals surface area contributed by atoms with Crippen LogP contribution in [0.1, 0.15) is 17.7 Å². The number of aliphatic carboxylic acids is 2. The molecule has 0 aliphatic carbocycles. The van der Waals surface area contributed by atoms with Gasteiger partial charge in [0.15, 0.2) is 0 Å². The fraction of sp³-hybridized carbons (Fsp3) is 0.600. The van der Waals surface area contributed by atoms with Crippen molar-refractivity contribution < 1.29 is 50.9 Å². The number of hydrogen-bond donors (Lipinski definition) is 2. The third-order valence-electron chi connectivity index (χ3n) is 5.24. The zero-order valence-corrected chi connectivity index (χ0v) is 20.8. The van der Waals surface area contributed by atoms with Crippen LogP contribution in [0.4, 0.5) is 31.5 Å². The smallest absolute Gasteiger partial charge is 0.475 e. The minimum Gasteiger partial charge on any atom is -0.475 e. The van der Waals surface area contributed by atoms with E-state index in [9.17, 15) is 26.3 Å². The zero-order chi connectivity index (χ0) is 27.7. The summed E-state index contributed by atoms with van der Waals surface area (Å²) in [6, 6.07) is 4.38. The van der Waals surface area contributed by atoms with Gasteiger partial charge < -0.3 is 19.8 Å². The van der Waals surface area contributed by atoms with E-state index in [0.29, 0.717) is 0 Å². The van der Waals surface area contributed by atoms with Crippen LogP contribution in [0.2, 0.25) is 0 Å². The summed E-state index contributed by atoms with van der Waals surface area (Å²) >= 11 is 3.48. The molecule has 9 nitrogen and oxygen atoms in total. The Kier molecular flexibility index (Phi) is 11.1. The Labute approximate surface area is 215 Å². The van der Waals surface area contributed by atoms with Gasteiger partial charge in [-0.25, -0.2) is 9.59 Å². The molecule has 1 unspecified atom stereocenters. The normalized spacial score (nSPS) is 20.8. The highest BCUT2D eigenvalue weighted by Crippen LogP contribution is 2.35. The average Bonchev–Trinajstić information content (AvgIpc) is 3.47. The maximum atomic E-state index is 10.6. The molecule has 37 heavy (non-hydrogen) atoms. The van der Waals surface area contributed by atoms with Crippen LogP contribution in [0.15, 0.2) is 23.0 Å². The summed E-state index contributed by atoms with van der Waals surface area (Å²) in [5, 5.41) is 25.7. The maximum absolute atomic E-state index is 10.6. The number of aromatic nitrogens is 2. The highest BCUT2D eigenvalue weighted by molar-refractivity contribution is 7.13. The van der Waals surface area contributed by atoms with Crippen LogP contribution in [0.5, 0.6) is 0 Å². The summed E-state index contributed by atoms with van der Waals surface area (Å²) in [5.74, 6) is -5.51. The van der Waals surface area contributed by atoms with Crippen LogP contribution in [0.25, 0.3) is 0 Å². The molecule has 2 aliphatic heterocycles. The SMILES string of the molecule is O=C(O)C(F)(F)F.O=C(O)C(F)(F)F.c1csc(CN2CCCC3(COCCN(c4nncs4)C3)C2)c1. The van der Waals surface area contributed by atoms with Gasteiger partial charge in [-0.2, -0.15) is 26.3 Å². The number of halogens is 6. The van der Waals surface area contributed by atoms with Crippen molar-refractivity contribution >= 4 is 39.7 Å². The highest BCUT2D eigenvalue weighted by atomic mass is 32.1. The van der Waals surface area contributed by atoms with Crippen molar-refractivity contribution in [3.05, 3.63) is 27.9 Å². The van der Waals surface area contributed by atoms with Crippen molar-refractivity contribution in [2.45, 2.75) is 31.7 Å². The second-order valence-electron chi connectivity index (χ2n) is 8.19. The minimum atomic E-state index is -5.08. The molecule has 2 fully saturated rings. The Hall–Kier alpha value is -2.50. The molecule has 0 radical (unpaired) electrons. The number of thiophene rings is 1. The Morgan fingerprint density at radius 2 is 1.70 bits per heavy atom. The van der Waals surface area contributed by atoms with Crippen molar-refractivity contribution in [3.8, 4) is 0 Å². The van der Waals surface area contributed by atoms with Crippen molar-refractivity contribution in [1.29, 1.82) is 0 Å². The van der Waals surface area contributed by atoms with Crippen molar-refractivity contribution in [3.63, 3.8) is 0 Å². The topological polar surface area (TPSA) is 116 Å². The molecule has 1 spiro atoms. The number of hydrogen-bond acceptors (Lipinski definition) is 9. The van der Waals surface area contributed by atoms with Gasteiger partial charge in [-0.1, -0.05) is 17.4 Å². The number of carboxylic acid groups (broad SMARTS) is 2. The number of carboxylic acids is 2. The third-order valence-corrected chi connectivity index (χ3v) is 6.86. The standard InChI is InChI=1S/C16H22N4OS2.2C2HF3O2/c1-3-14(22-8-1)9-19-5-2-4-16(10-19)11-20(6-7-21-12-16)15-18-17-13-23-15;2*3-2(4,5)1(6)7/h1,3,8,13H,2,4-7,9-12H2;2*(H,6,7). The third kappa shape index (κ3) is 10.4. The highest BCUT2D eigenvalue weighted by Gasteiger charge is 2.40. The molecule has 208 valence electrons. The quantitative estimate of drug-likeness (QED) is 0.522. The van der Waals surface area contributed by atoms with E-state index in [1.807, 2.05) is 16.8 Å².